The topological polar surface area (TPSA) is 64.1 Å². The van der Waals surface area contributed by atoms with Gasteiger partial charge in [0.1, 0.15) is 11.5 Å². The van der Waals surface area contributed by atoms with Crippen LogP contribution in [-0.2, 0) is 6.54 Å². The lowest BCUT2D eigenvalue weighted by Crippen LogP contribution is -1.97. The second-order valence-electron chi connectivity index (χ2n) is 4.21. The maximum Gasteiger partial charge on any atom is 0.316 e. The molecule has 0 radical (unpaired) electrons. The Morgan fingerprint density at radius 2 is 2.05 bits per heavy atom. The molecule has 0 amide bonds. The van der Waals surface area contributed by atoms with E-state index in [9.17, 15) is 0 Å². The first kappa shape index (κ1) is 12.0. The van der Waals surface area contributed by atoms with Gasteiger partial charge in [-0.25, -0.2) is 0 Å². The largest absolute Gasteiger partial charge is 0.465 e. The molecular weight excluding hydrogens is 262 g/mol. The van der Waals surface area contributed by atoms with Crippen molar-refractivity contribution in [2.24, 2.45) is 0 Å². The van der Waals surface area contributed by atoms with Crippen LogP contribution in [0.25, 0.3) is 10.8 Å². The average Bonchev–Trinajstić information content (AvgIpc) is 3.07. The van der Waals surface area contributed by atoms with Crippen molar-refractivity contribution in [3.63, 3.8) is 0 Å². The molecule has 5 nitrogen and oxygen atoms in total. The monoisotopic (exact) mass is 275 g/mol. The summed E-state index contributed by atoms with van der Waals surface area (Å²) < 4.78 is 11.0. The number of thiophene rings is 1. The summed E-state index contributed by atoms with van der Waals surface area (Å²) in [7, 11) is 0. The van der Waals surface area contributed by atoms with E-state index < -0.39 is 0 Å². The van der Waals surface area contributed by atoms with Crippen molar-refractivity contribution in [3.05, 3.63) is 40.7 Å². The Labute approximate surface area is 114 Å². The second-order valence-corrected chi connectivity index (χ2v) is 5.13. The normalized spacial score (nSPS) is 10.8. The highest BCUT2D eigenvalue weighted by Crippen LogP contribution is 2.28. The van der Waals surface area contributed by atoms with Crippen LogP contribution in [-0.4, -0.2) is 10.2 Å². The molecule has 0 saturated heterocycles. The average molecular weight is 275 g/mol. The van der Waals surface area contributed by atoms with Crippen molar-refractivity contribution in [1.82, 2.24) is 10.2 Å². The Kier molecular flexibility index (Phi) is 3.08. The Balaban J connectivity index is 1.70. The SMILES string of the molecule is Cc1ccc(CNc2nnc(-c3sccc3C)o2)o1. The summed E-state index contributed by atoms with van der Waals surface area (Å²) in [6.45, 7) is 4.46. The van der Waals surface area contributed by atoms with Gasteiger partial charge in [0.25, 0.3) is 5.89 Å². The highest BCUT2D eigenvalue weighted by molar-refractivity contribution is 7.13. The van der Waals surface area contributed by atoms with Gasteiger partial charge in [0.05, 0.1) is 11.4 Å². The molecule has 0 unspecified atom stereocenters. The van der Waals surface area contributed by atoms with E-state index in [1.54, 1.807) is 11.3 Å². The van der Waals surface area contributed by atoms with Crippen molar-refractivity contribution >= 4 is 17.4 Å². The lowest BCUT2D eigenvalue weighted by Gasteiger charge is -1.97. The van der Waals surface area contributed by atoms with Gasteiger partial charge in [-0.15, -0.1) is 16.4 Å². The number of aromatic nitrogens is 2. The first-order valence-electron chi connectivity index (χ1n) is 5.89. The van der Waals surface area contributed by atoms with Crippen molar-refractivity contribution in [1.29, 1.82) is 0 Å². The molecule has 0 spiro atoms. The summed E-state index contributed by atoms with van der Waals surface area (Å²) >= 11 is 1.59. The number of nitrogens with zero attached hydrogens (tertiary/aromatic N) is 2. The van der Waals surface area contributed by atoms with Gasteiger partial charge in [-0.2, -0.15) is 0 Å². The highest BCUT2D eigenvalue weighted by atomic mass is 32.1. The summed E-state index contributed by atoms with van der Waals surface area (Å²) in [6, 6.07) is 6.27. The predicted molar refractivity (Wildman–Crippen MR) is 73.1 cm³/mol. The van der Waals surface area contributed by atoms with Gasteiger partial charge >= 0.3 is 6.01 Å². The Bertz CT molecular complexity index is 683. The van der Waals surface area contributed by atoms with E-state index in [0.717, 1.165) is 22.0 Å². The molecule has 6 heteroatoms. The quantitative estimate of drug-likeness (QED) is 0.787. The minimum Gasteiger partial charge on any atom is -0.465 e. The number of furan rings is 1. The lowest BCUT2D eigenvalue weighted by atomic mass is 10.3. The molecule has 0 bridgehead atoms. The summed E-state index contributed by atoms with van der Waals surface area (Å²) in [5, 5.41) is 13.1. The number of hydrogen-bond acceptors (Lipinski definition) is 6. The first-order valence-corrected chi connectivity index (χ1v) is 6.77. The van der Waals surface area contributed by atoms with E-state index in [4.69, 9.17) is 8.83 Å². The molecule has 0 saturated carbocycles. The number of nitrogens with one attached hydrogen (secondary N) is 1. The van der Waals surface area contributed by atoms with Crippen molar-refractivity contribution < 1.29 is 8.83 Å². The van der Waals surface area contributed by atoms with E-state index >= 15 is 0 Å². The van der Waals surface area contributed by atoms with Crippen LogP contribution in [0.5, 0.6) is 0 Å². The third-order valence-electron chi connectivity index (χ3n) is 2.69. The van der Waals surface area contributed by atoms with E-state index in [-0.39, 0.29) is 0 Å². The molecule has 1 N–H and O–H groups in total. The zero-order valence-electron chi connectivity index (χ0n) is 10.6. The van der Waals surface area contributed by atoms with Crippen molar-refractivity contribution in [2.75, 3.05) is 5.32 Å². The minimum atomic E-state index is 0.400. The zero-order chi connectivity index (χ0) is 13.2. The van der Waals surface area contributed by atoms with Gasteiger partial charge in [0, 0.05) is 0 Å². The van der Waals surface area contributed by atoms with Gasteiger partial charge < -0.3 is 14.2 Å². The molecule has 98 valence electrons. The summed E-state index contributed by atoms with van der Waals surface area (Å²) in [6.07, 6.45) is 0. The maximum absolute atomic E-state index is 5.57. The fourth-order valence-electron chi connectivity index (χ4n) is 1.72. The Morgan fingerprint density at radius 3 is 2.74 bits per heavy atom. The molecule has 0 aliphatic rings. The molecule has 0 fully saturated rings. The van der Waals surface area contributed by atoms with Gasteiger partial charge in [0.2, 0.25) is 0 Å². The molecule has 0 aromatic carbocycles. The van der Waals surface area contributed by atoms with Crippen LogP contribution in [0.2, 0.25) is 0 Å². The van der Waals surface area contributed by atoms with Gasteiger partial charge in [0.15, 0.2) is 0 Å². The van der Waals surface area contributed by atoms with Crippen LogP contribution in [0.15, 0.2) is 32.4 Å². The molecule has 3 aromatic rings. The minimum absolute atomic E-state index is 0.400. The molecule has 3 aromatic heterocycles. The molecule has 0 aliphatic carbocycles. The van der Waals surface area contributed by atoms with Crippen LogP contribution >= 0.6 is 11.3 Å². The van der Waals surface area contributed by atoms with Crippen LogP contribution in [0.3, 0.4) is 0 Å². The number of hydrogen-bond donors (Lipinski definition) is 1. The first-order chi connectivity index (χ1) is 9.22. The van der Waals surface area contributed by atoms with Gasteiger partial charge in [-0.05, 0) is 43.0 Å². The predicted octanol–water partition coefficient (Wildman–Crippen LogP) is 3.62. The van der Waals surface area contributed by atoms with Crippen LogP contribution in [0, 0.1) is 13.8 Å². The van der Waals surface area contributed by atoms with Gasteiger partial charge in [-0.1, -0.05) is 5.10 Å². The maximum atomic E-state index is 5.57. The van der Waals surface area contributed by atoms with Crippen molar-refractivity contribution in [2.45, 2.75) is 20.4 Å². The van der Waals surface area contributed by atoms with Crippen LogP contribution < -0.4 is 5.32 Å². The third kappa shape index (κ3) is 2.53. The fourth-order valence-corrected chi connectivity index (χ4v) is 2.57. The van der Waals surface area contributed by atoms with Crippen LogP contribution in [0.4, 0.5) is 6.01 Å². The number of aryl methyl sites for hydroxylation is 2. The molecule has 0 atom stereocenters. The molecule has 0 aliphatic heterocycles. The number of anilines is 1. The standard InChI is InChI=1S/C13H13N3O2S/c1-8-5-6-19-11(8)12-15-16-13(18-12)14-7-10-4-3-9(2)17-10/h3-6H,7H2,1-2H3,(H,14,16). The van der Waals surface area contributed by atoms with E-state index in [1.807, 2.05) is 37.4 Å². The van der Waals surface area contributed by atoms with E-state index in [0.29, 0.717) is 18.5 Å². The number of rotatable bonds is 4. The summed E-state index contributed by atoms with van der Waals surface area (Å²) in [5.74, 6) is 2.27. The summed E-state index contributed by atoms with van der Waals surface area (Å²) in [5.41, 5.74) is 1.14. The van der Waals surface area contributed by atoms with Crippen LogP contribution in [0.1, 0.15) is 17.1 Å². The summed E-state index contributed by atoms with van der Waals surface area (Å²) in [4.78, 5) is 1.01. The molecule has 3 rings (SSSR count). The highest BCUT2D eigenvalue weighted by Gasteiger charge is 2.12. The van der Waals surface area contributed by atoms with E-state index in [2.05, 4.69) is 15.5 Å². The zero-order valence-corrected chi connectivity index (χ0v) is 11.5. The smallest absolute Gasteiger partial charge is 0.316 e. The Morgan fingerprint density at radius 1 is 1.16 bits per heavy atom. The molecular formula is C13H13N3O2S. The van der Waals surface area contributed by atoms with Gasteiger partial charge in [-0.3, -0.25) is 0 Å². The lowest BCUT2D eigenvalue weighted by molar-refractivity contribution is 0.486. The molecule has 3 heterocycles. The van der Waals surface area contributed by atoms with Crippen molar-refractivity contribution in [3.8, 4) is 10.8 Å². The van der Waals surface area contributed by atoms with E-state index in [1.165, 1.54) is 0 Å². The Hall–Kier alpha value is -2.08. The third-order valence-corrected chi connectivity index (χ3v) is 3.70. The fraction of sp³-hybridized carbons (Fsp3) is 0.231. The molecule has 19 heavy (non-hydrogen) atoms. The second kappa shape index (κ2) is 4.89.